The standard InChI is InChI=1S/C17H19ClN4O11S/c1-9(32-14(19)24)33-17(27)31-8-11-12(13(23)22(11)15(25)21-34(18,28)29)20-16(26)30-7-10-5-3-2-4-6-10/h2-6,9,11-12H,7-8H2,1H3,(H2,19,24)(H,20,26)(H,21,25). The van der Waals surface area contributed by atoms with E-state index in [2.05, 4.69) is 14.8 Å². The average Bonchev–Trinajstić information content (AvgIpc) is 2.71. The van der Waals surface area contributed by atoms with E-state index >= 15 is 0 Å². The second-order valence-corrected chi connectivity index (χ2v) is 8.79. The zero-order valence-electron chi connectivity index (χ0n) is 17.3. The van der Waals surface area contributed by atoms with Crippen LogP contribution in [-0.4, -0.2) is 68.6 Å². The van der Waals surface area contributed by atoms with Crippen LogP contribution in [0, 0.1) is 0 Å². The van der Waals surface area contributed by atoms with E-state index in [0.29, 0.717) is 10.5 Å². The number of alkyl carbamates (subject to hydrolysis) is 1. The molecule has 0 spiro atoms. The minimum absolute atomic E-state index is 0.131. The number of rotatable bonds is 8. The summed E-state index contributed by atoms with van der Waals surface area (Å²) in [5.41, 5.74) is 5.43. The number of ether oxygens (including phenoxy) is 4. The van der Waals surface area contributed by atoms with Crippen molar-refractivity contribution >= 4 is 50.2 Å². The number of carbonyl (C=O) groups is 5. The minimum atomic E-state index is -4.56. The number of primary amides is 1. The van der Waals surface area contributed by atoms with E-state index in [4.69, 9.17) is 25.9 Å². The number of β-lactam (4-membered cyclic amide) rings is 1. The Labute approximate surface area is 196 Å². The molecule has 15 nitrogen and oxygen atoms in total. The fourth-order valence-corrected chi connectivity index (χ4v) is 3.18. The van der Waals surface area contributed by atoms with Gasteiger partial charge in [0.25, 0.3) is 5.91 Å². The van der Waals surface area contributed by atoms with E-state index in [1.807, 2.05) is 0 Å². The van der Waals surface area contributed by atoms with Crippen molar-refractivity contribution in [3.63, 3.8) is 0 Å². The van der Waals surface area contributed by atoms with E-state index < -0.39 is 64.5 Å². The number of amides is 5. The Morgan fingerprint density at radius 1 is 1.15 bits per heavy atom. The second kappa shape index (κ2) is 11.4. The first-order valence-corrected chi connectivity index (χ1v) is 11.5. The Bertz CT molecular complexity index is 1050. The summed E-state index contributed by atoms with van der Waals surface area (Å²) >= 11 is 0. The Morgan fingerprint density at radius 2 is 1.79 bits per heavy atom. The van der Waals surface area contributed by atoms with Gasteiger partial charge >= 0.3 is 33.6 Å². The third-order valence-electron chi connectivity index (χ3n) is 4.05. The first kappa shape index (κ1) is 26.5. The van der Waals surface area contributed by atoms with Gasteiger partial charge in [0.15, 0.2) is 0 Å². The van der Waals surface area contributed by atoms with Crippen molar-refractivity contribution in [2.45, 2.75) is 31.9 Å². The zero-order valence-corrected chi connectivity index (χ0v) is 18.9. The number of benzene rings is 1. The lowest BCUT2D eigenvalue weighted by atomic mass is 9.96. The average molecular weight is 523 g/mol. The lowest BCUT2D eigenvalue weighted by molar-refractivity contribution is -0.148. The maximum absolute atomic E-state index is 12.4. The third kappa shape index (κ3) is 7.96. The van der Waals surface area contributed by atoms with Gasteiger partial charge in [0.2, 0.25) is 6.29 Å². The molecular formula is C17H19ClN4O11S. The largest absolute Gasteiger partial charge is 0.511 e. The van der Waals surface area contributed by atoms with Crippen molar-refractivity contribution in [2.75, 3.05) is 6.61 Å². The predicted molar refractivity (Wildman–Crippen MR) is 110 cm³/mol. The fraction of sp³-hybridized carbons (Fsp3) is 0.353. The van der Waals surface area contributed by atoms with Gasteiger partial charge in [0, 0.05) is 17.6 Å². The molecule has 1 fully saturated rings. The maximum Gasteiger partial charge on any atom is 0.511 e. The Morgan fingerprint density at radius 3 is 2.38 bits per heavy atom. The first-order valence-electron chi connectivity index (χ1n) is 9.23. The molecule has 1 aliphatic heterocycles. The normalized spacial score (nSPS) is 18.1. The summed E-state index contributed by atoms with van der Waals surface area (Å²) in [6, 6.07) is 4.31. The SMILES string of the molecule is CC(OC(N)=O)OC(=O)OCC1C(NC(=O)OCc2ccccc2)C(=O)N1C(=O)NS(=O)(=O)Cl. The summed E-state index contributed by atoms with van der Waals surface area (Å²) in [7, 11) is 0.395. The molecule has 1 saturated heterocycles. The highest BCUT2D eigenvalue weighted by Gasteiger charge is 2.53. The highest BCUT2D eigenvalue weighted by Crippen LogP contribution is 2.22. The Kier molecular flexibility index (Phi) is 8.85. The van der Waals surface area contributed by atoms with Crippen LogP contribution in [0.2, 0.25) is 0 Å². The van der Waals surface area contributed by atoms with Gasteiger partial charge in [-0.1, -0.05) is 30.3 Å². The van der Waals surface area contributed by atoms with Crippen LogP contribution in [0.15, 0.2) is 30.3 Å². The number of imide groups is 1. The molecule has 4 N–H and O–H groups in total. The van der Waals surface area contributed by atoms with Gasteiger partial charge in [-0.3, -0.25) is 9.69 Å². The highest BCUT2D eigenvalue weighted by atomic mass is 35.7. The predicted octanol–water partition coefficient (Wildman–Crippen LogP) is 0.280. The first-order chi connectivity index (χ1) is 15.9. The number of likely N-dealkylation sites (tertiary alicyclic amines) is 1. The number of hydrogen-bond acceptors (Lipinski definition) is 11. The summed E-state index contributed by atoms with van der Waals surface area (Å²) in [5.74, 6) is -1.04. The van der Waals surface area contributed by atoms with Gasteiger partial charge in [0.05, 0.1) is 0 Å². The molecule has 0 aromatic heterocycles. The maximum atomic E-state index is 12.4. The number of nitrogens with two attached hydrogens (primary N) is 1. The van der Waals surface area contributed by atoms with Crippen molar-refractivity contribution in [2.24, 2.45) is 5.73 Å². The summed E-state index contributed by atoms with van der Waals surface area (Å²) in [6.07, 6.45) is -5.07. The smallest absolute Gasteiger partial charge is 0.445 e. The van der Waals surface area contributed by atoms with E-state index in [1.165, 1.54) is 4.72 Å². The van der Waals surface area contributed by atoms with Crippen LogP contribution in [0.3, 0.4) is 0 Å². The molecule has 186 valence electrons. The van der Waals surface area contributed by atoms with E-state index in [9.17, 15) is 32.4 Å². The molecule has 34 heavy (non-hydrogen) atoms. The molecule has 1 aliphatic rings. The lowest BCUT2D eigenvalue weighted by Gasteiger charge is -2.44. The lowest BCUT2D eigenvalue weighted by Crippen LogP contribution is -2.74. The molecule has 2 rings (SSSR count). The number of urea groups is 1. The molecule has 0 bridgehead atoms. The molecule has 3 atom stereocenters. The van der Waals surface area contributed by atoms with Crippen molar-refractivity contribution < 1.29 is 51.3 Å². The van der Waals surface area contributed by atoms with Crippen LogP contribution in [0.25, 0.3) is 0 Å². The molecule has 1 aromatic carbocycles. The summed E-state index contributed by atoms with van der Waals surface area (Å²) < 4.78 is 42.3. The number of hydrogen-bond donors (Lipinski definition) is 3. The molecule has 5 amide bonds. The van der Waals surface area contributed by atoms with Gasteiger partial charge in [-0.25, -0.2) is 23.9 Å². The van der Waals surface area contributed by atoms with Crippen LogP contribution in [0.5, 0.6) is 0 Å². The second-order valence-electron chi connectivity index (χ2n) is 6.49. The number of nitrogens with one attached hydrogen (secondary N) is 2. The number of nitrogens with zero attached hydrogens (tertiary/aromatic N) is 1. The van der Waals surface area contributed by atoms with Gasteiger partial charge < -0.3 is 30.0 Å². The fourth-order valence-electron chi connectivity index (χ4n) is 2.68. The van der Waals surface area contributed by atoms with Crippen molar-refractivity contribution in [1.82, 2.24) is 14.9 Å². The molecule has 1 aromatic rings. The Hall–Kier alpha value is -3.79. The molecule has 0 radical (unpaired) electrons. The van der Waals surface area contributed by atoms with Crippen LogP contribution < -0.4 is 15.8 Å². The van der Waals surface area contributed by atoms with E-state index in [1.54, 1.807) is 30.3 Å². The molecule has 17 heteroatoms. The topological polar surface area (TPSA) is 210 Å². The monoisotopic (exact) mass is 522 g/mol. The Balaban J connectivity index is 2.02. The summed E-state index contributed by atoms with van der Waals surface area (Å²) in [4.78, 5) is 59.3. The van der Waals surface area contributed by atoms with Crippen LogP contribution in [0.1, 0.15) is 12.5 Å². The van der Waals surface area contributed by atoms with E-state index in [-0.39, 0.29) is 6.61 Å². The molecular weight excluding hydrogens is 504 g/mol. The van der Waals surface area contributed by atoms with Gasteiger partial charge in [-0.05, 0) is 5.56 Å². The zero-order chi connectivity index (χ0) is 25.5. The summed E-state index contributed by atoms with van der Waals surface area (Å²) in [6.45, 7) is 0.276. The summed E-state index contributed by atoms with van der Waals surface area (Å²) in [5, 5.41) is 2.19. The van der Waals surface area contributed by atoms with Crippen LogP contribution >= 0.6 is 10.7 Å². The van der Waals surface area contributed by atoms with Crippen molar-refractivity contribution in [3.05, 3.63) is 35.9 Å². The van der Waals surface area contributed by atoms with Gasteiger partial charge in [-0.2, -0.15) is 8.42 Å². The van der Waals surface area contributed by atoms with Crippen molar-refractivity contribution in [1.29, 1.82) is 0 Å². The highest BCUT2D eigenvalue weighted by molar-refractivity contribution is 8.12. The molecule has 0 aliphatic carbocycles. The third-order valence-corrected chi connectivity index (χ3v) is 4.70. The van der Waals surface area contributed by atoms with E-state index in [0.717, 1.165) is 6.92 Å². The van der Waals surface area contributed by atoms with Crippen molar-refractivity contribution in [3.8, 4) is 0 Å². The molecule has 0 saturated carbocycles. The van der Waals surface area contributed by atoms with Gasteiger partial charge in [-0.15, -0.1) is 0 Å². The molecule has 3 unspecified atom stereocenters. The molecule has 1 heterocycles. The van der Waals surface area contributed by atoms with Crippen LogP contribution in [0.4, 0.5) is 19.2 Å². The number of carbonyl (C=O) groups excluding carboxylic acids is 5. The quantitative estimate of drug-likeness (QED) is 0.139. The van der Waals surface area contributed by atoms with Gasteiger partial charge in [0.1, 0.15) is 25.3 Å². The van der Waals surface area contributed by atoms with Crippen LogP contribution in [-0.2, 0) is 39.6 Å². The number of halogens is 1. The minimum Gasteiger partial charge on any atom is -0.445 e.